The van der Waals surface area contributed by atoms with E-state index in [9.17, 15) is 0 Å². The summed E-state index contributed by atoms with van der Waals surface area (Å²) in [5.74, 6) is 0. The Bertz CT molecular complexity index is 451. The van der Waals surface area contributed by atoms with Gasteiger partial charge in [0, 0.05) is 17.1 Å². The molecule has 0 saturated carbocycles. The quantitative estimate of drug-likeness (QED) is 0.527. The highest BCUT2D eigenvalue weighted by Crippen LogP contribution is 2.24. The fourth-order valence-electron chi connectivity index (χ4n) is 1.74. The predicted octanol–water partition coefficient (Wildman–Crippen LogP) is 7.03. The normalized spacial score (nSPS) is 9.59. The number of hydrogen-bond acceptors (Lipinski definition) is 1. The highest BCUT2D eigenvalue weighted by Gasteiger charge is 2.09. The largest absolute Gasteiger partial charge is 0.312 e. The number of hydrogen-bond donors (Lipinski definition) is 0. The third-order valence-corrected chi connectivity index (χ3v) is 2.58. The SMILES string of the molecule is C=C(/C=C\C)N(C(=C)/C=C\C)c1ccc(C)cc1.CC.CC. The maximum Gasteiger partial charge on any atom is 0.0461 e. The van der Waals surface area contributed by atoms with Gasteiger partial charge in [-0.15, -0.1) is 0 Å². The Kier molecular flexibility index (Phi) is 14.1. The summed E-state index contributed by atoms with van der Waals surface area (Å²) < 4.78 is 0. The first-order valence-corrected chi connectivity index (χ1v) is 8.10. The molecule has 1 aromatic carbocycles. The number of benzene rings is 1. The topological polar surface area (TPSA) is 3.24 Å². The zero-order valence-corrected chi connectivity index (χ0v) is 15.5. The van der Waals surface area contributed by atoms with Crippen molar-refractivity contribution in [2.24, 2.45) is 0 Å². The van der Waals surface area contributed by atoms with E-state index >= 15 is 0 Å². The molecule has 0 bridgehead atoms. The highest BCUT2D eigenvalue weighted by molar-refractivity contribution is 5.61. The zero-order chi connectivity index (χ0) is 17.5. The standard InChI is InChI=1S/C17H21N.2C2H6/c1-6-8-15(4)18(16(5)9-7-2)17-12-10-14(3)11-13-17;2*1-2/h6-13H,4-5H2,1-3H3;2*1-2H3/b8-6-,9-7-;;. The number of aryl methyl sites for hydroxylation is 1. The van der Waals surface area contributed by atoms with Gasteiger partial charge in [0.1, 0.15) is 0 Å². The van der Waals surface area contributed by atoms with Crippen molar-refractivity contribution in [2.75, 3.05) is 4.90 Å². The van der Waals surface area contributed by atoms with E-state index in [4.69, 9.17) is 0 Å². The summed E-state index contributed by atoms with van der Waals surface area (Å²) in [6, 6.07) is 8.35. The van der Waals surface area contributed by atoms with Crippen molar-refractivity contribution in [2.45, 2.75) is 48.5 Å². The second-order valence-electron chi connectivity index (χ2n) is 4.15. The predicted molar refractivity (Wildman–Crippen MR) is 104 cm³/mol. The molecule has 1 heteroatoms. The third-order valence-electron chi connectivity index (χ3n) is 2.58. The van der Waals surface area contributed by atoms with Crippen LogP contribution in [0.5, 0.6) is 0 Å². The molecule has 0 aliphatic carbocycles. The lowest BCUT2D eigenvalue weighted by atomic mass is 10.2. The molecule has 0 spiro atoms. The van der Waals surface area contributed by atoms with Gasteiger partial charge in [-0.2, -0.15) is 0 Å². The molecule has 1 nitrogen and oxygen atoms in total. The molecular weight excluding hydrogens is 266 g/mol. The second-order valence-corrected chi connectivity index (χ2v) is 4.15. The number of allylic oxidation sites excluding steroid dienone is 4. The van der Waals surface area contributed by atoms with E-state index in [0.29, 0.717) is 0 Å². The maximum absolute atomic E-state index is 4.09. The lowest BCUT2D eigenvalue weighted by Crippen LogP contribution is -2.18. The Balaban J connectivity index is 0. The Morgan fingerprint density at radius 3 is 1.50 bits per heavy atom. The van der Waals surface area contributed by atoms with E-state index in [-0.39, 0.29) is 0 Å². The van der Waals surface area contributed by atoms with Gasteiger partial charge in [0.05, 0.1) is 0 Å². The molecule has 0 amide bonds. The smallest absolute Gasteiger partial charge is 0.0461 e. The lowest BCUT2D eigenvalue weighted by Gasteiger charge is -2.25. The molecule has 0 aliphatic rings. The van der Waals surface area contributed by atoms with Crippen LogP contribution in [0.1, 0.15) is 47.1 Å². The minimum absolute atomic E-state index is 0.907. The van der Waals surface area contributed by atoms with Gasteiger partial charge in [-0.3, -0.25) is 0 Å². The molecule has 122 valence electrons. The number of nitrogens with zero attached hydrogens (tertiary/aromatic N) is 1. The zero-order valence-electron chi connectivity index (χ0n) is 15.5. The van der Waals surface area contributed by atoms with Gasteiger partial charge < -0.3 is 4.90 Å². The molecule has 1 rings (SSSR count). The van der Waals surface area contributed by atoms with Crippen LogP contribution < -0.4 is 4.90 Å². The summed E-state index contributed by atoms with van der Waals surface area (Å²) in [6.07, 6.45) is 7.92. The van der Waals surface area contributed by atoms with Gasteiger partial charge in [0.25, 0.3) is 0 Å². The Morgan fingerprint density at radius 1 is 0.818 bits per heavy atom. The monoisotopic (exact) mass is 299 g/mol. The average Bonchev–Trinajstić information content (AvgIpc) is 2.54. The molecule has 22 heavy (non-hydrogen) atoms. The summed E-state index contributed by atoms with van der Waals surface area (Å²) in [7, 11) is 0. The van der Waals surface area contributed by atoms with Crippen LogP contribution in [-0.4, -0.2) is 0 Å². The fraction of sp³-hybridized carbons (Fsp3) is 0.333. The highest BCUT2D eigenvalue weighted by atomic mass is 15.1. The molecule has 0 heterocycles. The number of anilines is 1. The van der Waals surface area contributed by atoms with Crippen molar-refractivity contribution in [3.63, 3.8) is 0 Å². The van der Waals surface area contributed by atoms with Crippen LogP contribution in [0.2, 0.25) is 0 Å². The molecule has 0 radical (unpaired) electrons. The van der Waals surface area contributed by atoms with Crippen molar-refractivity contribution < 1.29 is 0 Å². The molecule has 0 fully saturated rings. The first kappa shape index (κ1) is 22.3. The van der Waals surface area contributed by atoms with E-state index in [1.807, 2.05) is 70.7 Å². The van der Waals surface area contributed by atoms with Gasteiger partial charge >= 0.3 is 0 Å². The Hall–Kier alpha value is -2.02. The van der Waals surface area contributed by atoms with Gasteiger partial charge in [0.2, 0.25) is 0 Å². The lowest BCUT2D eigenvalue weighted by molar-refractivity contribution is 1.15. The van der Waals surface area contributed by atoms with E-state index < -0.39 is 0 Å². The molecule has 0 unspecified atom stereocenters. The molecule has 0 atom stereocenters. The third kappa shape index (κ3) is 7.68. The summed E-state index contributed by atoms with van der Waals surface area (Å²) in [6.45, 7) is 22.2. The number of rotatable bonds is 5. The van der Waals surface area contributed by atoms with Crippen molar-refractivity contribution in [1.82, 2.24) is 0 Å². The maximum atomic E-state index is 4.09. The first-order chi connectivity index (χ1) is 10.6. The van der Waals surface area contributed by atoms with E-state index in [1.165, 1.54) is 5.56 Å². The molecule has 0 saturated heterocycles. The van der Waals surface area contributed by atoms with Gasteiger partial charge in [-0.25, -0.2) is 0 Å². The summed E-state index contributed by atoms with van der Waals surface area (Å²) in [4.78, 5) is 2.04. The Morgan fingerprint density at radius 2 is 1.18 bits per heavy atom. The van der Waals surface area contributed by atoms with Crippen LogP contribution in [0, 0.1) is 6.92 Å². The van der Waals surface area contributed by atoms with Crippen LogP contribution in [0.15, 0.2) is 73.1 Å². The van der Waals surface area contributed by atoms with Gasteiger partial charge in [0.15, 0.2) is 0 Å². The van der Waals surface area contributed by atoms with Crippen LogP contribution in [-0.2, 0) is 0 Å². The molecular formula is C21H33N. The summed E-state index contributed by atoms with van der Waals surface area (Å²) >= 11 is 0. The van der Waals surface area contributed by atoms with Crippen molar-refractivity contribution in [1.29, 1.82) is 0 Å². The van der Waals surface area contributed by atoms with Crippen molar-refractivity contribution in [3.05, 3.63) is 78.7 Å². The van der Waals surface area contributed by atoms with E-state index in [1.54, 1.807) is 0 Å². The minimum atomic E-state index is 0.907. The van der Waals surface area contributed by atoms with Crippen LogP contribution in [0.3, 0.4) is 0 Å². The molecule has 0 aliphatic heterocycles. The van der Waals surface area contributed by atoms with Gasteiger partial charge in [-0.05, 0) is 45.1 Å². The second kappa shape index (κ2) is 13.9. The fourth-order valence-corrected chi connectivity index (χ4v) is 1.74. The van der Waals surface area contributed by atoms with Crippen molar-refractivity contribution >= 4 is 5.69 Å². The van der Waals surface area contributed by atoms with Gasteiger partial charge in [-0.1, -0.05) is 70.7 Å². The average molecular weight is 300 g/mol. The molecule has 1 aromatic rings. The summed E-state index contributed by atoms with van der Waals surface area (Å²) in [5.41, 5.74) is 4.13. The van der Waals surface area contributed by atoms with Crippen LogP contribution >= 0.6 is 0 Å². The minimum Gasteiger partial charge on any atom is -0.312 e. The van der Waals surface area contributed by atoms with Crippen LogP contribution in [0.25, 0.3) is 0 Å². The van der Waals surface area contributed by atoms with Crippen molar-refractivity contribution in [3.8, 4) is 0 Å². The van der Waals surface area contributed by atoms with Crippen LogP contribution in [0.4, 0.5) is 5.69 Å². The van der Waals surface area contributed by atoms with E-state index in [0.717, 1.165) is 17.1 Å². The molecule has 0 N–H and O–H groups in total. The first-order valence-electron chi connectivity index (χ1n) is 8.10. The van der Waals surface area contributed by atoms with E-state index in [2.05, 4.69) is 44.3 Å². The molecule has 0 aromatic heterocycles. The summed E-state index contributed by atoms with van der Waals surface area (Å²) in [5, 5.41) is 0. The Labute approximate surface area is 138 Å².